The summed E-state index contributed by atoms with van der Waals surface area (Å²) in [6.07, 6.45) is 13.5. The summed E-state index contributed by atoms with van der Waals surface area (Å²) in [6.45, 7) is 22.9. The highest BCUT2D eigenvalue weighted by molar-refractivity contribution is 5.81. The molecule has 5 aliphatic carbocycles. The van der Waals surface area contributed by atoms with Crippen LogP contribution in [0.3, 0.4) is 0 Å². The van der Waals surface area contributed by atoms with E-state index in [1.165, 1.54) is 56.8 Å². The van der Waals surface area contributed by atoms with Crippen LogP contribution in [0.5, 0.6) is 0 Å². The van der Waals surface area contributed by atoms with Gasteiger partial charge in [-0.15, -0.1) is 0 Å². The molecule has 1 heterocycles. The number of allylic oxidation sites excluding steroid dienone is 1. The molecule has 0 radical (unpaired) electrons. The Morgan fingerprint density at radius 1 is 0.940 bits per heavy atom. The summed E-state index contributed by atoms with van der Waals surface area (Å²) in [4.78, 5) is 41.5. The van der Waals surface area contributed by atoms with Crippen LogP contribution in [0.15, 0.2) is 18.5 Å². The quantitative estimate of drug-likeness (QED) is 0.185. The summed E-state index contributed by atoms with van der Waals surface area (Å²) in [5.41, 5.74) is 0.686. The normalized spacial score (nSPS) is 40.4. The third kappa shape index (κ3) is 5.84. The molecule has 0 aliphatic heterocycles. The number of carboxylic acids is 1. The summed E-state index contributed by atoms with van der Waals surface area (Å²) in [5, 5.41) is 16.2. The standard InChI is InChI=1S/C41H63N3O6/c1-25(2)26-12-17-41(20-21-49-32(45)22-31-42-24-43-44-31)19-18-39(8)27(34(26)41)10-11-29-38(7)15-14-30(50-33(46)23-36(3,4)35(47)48)37(5,6)28(38)13-16-40(29,39)9/h24,26-30,34H,1,10-23H2,2-9H3,(H,47,48)(H,42,43,44)/t26-,27+,28-,29+,30-,34+,38-,39+,40+,41+/m0/s1. The summed E-state index contributed by atoms with van der Waals surface area (Å²) in [7, 11) is 0. The lowest BCUT2D eigenvalue weighted by Crippen LogP contribution is -2.66. The average molecular weight is 694 g/mol. The largest absolute Gasteiger partial charge is 0.481 e. The van der Waals surface area contributed by atoms with Crippen molar-refractivity contribution in [2.45, 2.75) is 145 Å². The van der Waals surface area contributed by atoms with Crippen molar-refractivity contribution in [2.24, 2.45) is 62.1 Å². The van der Waals surface area contributed by atoms with Crippen LogP contribution in [0.1, 0.15) is 138 Å². The number of carboxylic acid groups (broad SMARTS) is 1. The molecule has 6 rings (SSSR count). The zero-order chi connectivity index (χ0) is 36.5. The van der Waals surface area contributed by atoms with E-state index in [1.54, 1.807) is 13.8 Å². The van der Waals surface area contributed by atoms with Crippen LogP contribution in [0.4, 0.5) is 0 Å². The molecule has 0 unspecified atom stereocenters. The minimum absolute atomic E-state index is 0.115. The van der Waals surface area contributed by atoms with Gasteiger partial charge in [0.15, 0.2) is 0 Å². The number of carbonyl (C=O) groups excluding carboxylic acids is 2. The Labute approximate surface area is 299 Å². The number of fused-ring (bicyclic) bond motifs is 7. The Morgan fingerprint density at radius 2 is 1.68 bits per heavy atom. The van der Waals surface area contributed by atoms with Crippen molar-refractivity contribution in [3.8, 4) is 0 Å². The number of nitrogens with zero attached hydrogens (tertiary/aromatic N) is 2. The topological polar surface area (TPSA) is 131 Å². The number of carbonyl (C=O) groups is 3. The number of hydrogen-bond acceptors (Lipinski definition) is 7. The van der Waals surface area contributed by atoms with Crippen molar-refractivity contribution in [1.29, 1.82) is 0 Å². The molecular formula is C41H63N3O6. The van der Waals surface area contributed by atoms with Crippen molar-refractivity contribution in [3.63, 3.8) is 0 Å². The van der Waals surface area contributed by atoms with E-state index < -0.39 is 17.4 Å². The molecule has 5 saturated carbocycles. The van der Waals surface area contributed by atoms with Gasteiger partial charge in [0.05, 0.1) is 18.4 Å². The van der Waals surface area contributed by atoms with Crippen LogP contribution in [-0.2, 0) is 30.3 Å². The minimum Gasteiger partial charge on any atom is -0.481 e. The second kappa shape index (κ2) is 12.8. The first-order chi connectivity index (χ1) is 23.3. The summed E-state index contributed by atoms with van der Waals surface area (Å²) < 4.78 is 12.0. The van der Waals surface area contributed by atoms with Crippen molar-refractivity contribution < 1.29 is 29.0 Å². The maximum atomic E-state index is 13.1. The van der Waals surface area contributed by atoms with Crippen LogP contribution in [-0.4, -0.2) is 50.9 Å². The first kappa shape index (κ1) is 37.1. The lowest BCUT2D eigenvalue weighted by molar-refractivity contribution is -0.251. The molecule has 5 fully saturated rings. The molecule has 9 heteroatoms. The molecule has 1 aromatic rings. The van der Waals surface area contributed by atoms with E-state index in [0.29, 0.717) is 42.0 Å². The van der Waals surface area contributed by atoms with Gasteiger partial charge < -0.3 is 14.6 Å². The number of nitrogens with one attached hydrogen (secondary N) is 1. The lowest BCUT2D eigenvalue weighted by Gasteiger charge is -2.73. The highest BCUT2D eigenvalue weighted by Gasteiger charge is 2.71. The number of ether oxygens (including phenoxy) is 2. The monoisotopic (exact) mass is 693 g/mol. The van der Waals surface area contributed by atoms with Gasteiger partial charge in [0.2, 0.25) is 0 Å². The molecule has 0 aromatic carbocycles. The Bertz CT molecular complexity index is 1490. The Morgan fingerprint density at radius 3 is 2.34 bits per heavy atom. The second-order valence-corrected chi connectivity index (χ2v) is 19.3. The average Bonchev–Trinajstić information content (AvgIpc) is 3.67. The molecule has 278 valence electrons. The first-order valence-corrected chi connectivity index (χ1v) is 19.4. The van der Waals surface area contributed by atoms with Crippen LogP contribution in [0, 0.1) is 62.1 Å². The van der Waals surface area contributed by atoms with Crippen molar-refractivity contribution in [1.82, 2.24) is 15.2 Å². The molecule has 1 aromatic heterocycles. The van der Waals surface area contributed by atoms with Gasteiger partial charge in [-0.1, -0.05) is 46.8 Å². The van der Waals surface area contributed by atoms with Gasteiger partial charge in [-0.25, -0.2) is 4.98 Å². The van der Waals surface area contributed by atoms with E-state index >= 15 is 0 Å². The Kier molecular flexibility index (Phi) is 9.45. The summed E-state index contributed by atoms with van der Waals surface area (Å²) >= 11 is 0. The number of H-pyrrole nitrogens is 1. The van der Waals surface area contributed by atoms with Gasteiger partial charge in [-0.3, -0.25) is 19.5 Å². The van der Waals surface area contributed by atoms with Crippen LogP contribution in [0.25, 0.3) is 0 Å². The smallest absolute Gasteiger partial charge is 0.313 e. The zero-order valence-corrected chi connectivity index (χ0v) is 32.0. The third-order valence-corrected chi connectivity index (χ3v) is 16.3. The van der Waals surface area contributed by atoms with Crippen LogP contribution >= 0.6 is 0 Å². The van der Waals surface area contributed by atoms with Gasteiger partial charge in [0.25, 0.3) is 0 Å². The van der Waals surface area contributed by atoms with Gasteiger partial charge in [-0.2, -0.15) is 5.10 Å². The predicted molar refractivity (Wildman–Crippen MR) is 191 cm³/mol. The SMILES string of the molecule is C=C(C)[C@@H]1CC[C@]2(CCOC(=O)Cc3ncn[nH]3)CC[C@]3(C)[C@H](CC[C@@H]4[C@@]5(C)CC[C@H](OC(=O)CC(C)(C)C(=O)O)C(C)(C)[C@@H]5CC[C@]43C)[C@@H]12. The number of aromatic amines is 1. The fraction of sp³-hybridized carbons (Fsp3) is 0.829. The molecule has 5 aliphatic rings. The van der Waals surface area contributed by atoms with Crippen LogP contribution in [0.2, 0.25) is 0 Å². The molecule has 0 spiro atoms. The highest BCUT2D eigenvalue weighted by Crippen LogP contribution is 2.78. The van der Waals surface area contributed by atoms with E-state index in [-0.39, 0.29) is 52.0 Å². The predicted octanol–water partition coefficient (Wildman–Crippen LogP) is 8.35. The lowest BCUT2D eigenvalue weighted by atomic mass is 9.32. The van der Waals surface area contributed by atoms with Gasteiger partial charge in [0, 0.05) is 5.41 Å². The van der Waals surface area contributed by atoms with Crippen molar-refractivity contribution in [3.05, 3.63) is 24.3 Å². The van der Waals surface area contributed by atoms with Crippen LogP contribution < -0.4 is 0 Å². The number of aromatic nitrogens is 3. The Hall–Kier alpha value is -2.71. The van der Waals surface area contributed by atoms with Gasteiger partial charge >= 0.3 is 17.9 Å². The molecular weight excluding hydrogens is 630 g/mol. The molecule has 9 nitrogen and oxygen atoms in total. The molecule has 50 heavy (non-hydrogen) atoms. The van der Waals surface area contributed by atoms with Gasteiger partial charge in [0.1, 0.15) is 24.7 Å². The van der Waals surface area contributed by atoms with Crippen molar-refractivity contribution >= 4 is 17.9 Å². The molecule has 2 N–H and O–H groups in total. The van der Waals surface area contributed by atoms with E-state index in [2.05, 4.69) is 63.3 Å². The zero-order valence-electron chi connectivity index (χ0n) is 32.0. The number of hydrogen-bond donors (Lipinski definition) is 2. The minimum atomic E-state index is -1.14. The fourth-order valence-corrected chi connectivity index (χ4v) is 13.4. The first-order valence-electron chi connectivity index (χ1n) is 19.4. The van der Waals surface area contributed by atoms with E-state index in [0.717, 1.165) is 25.7 Å². The van der Waals surface area contributed by atoms with E-state index in [1.807, 2.05) is 0 Å². The summed E-state index contributed by atoms with van der Waals surface area (Å²) in [6, 6.07) is 0. The number of esters is 2. The van der Waals surface area contributed by atoms with E-state index in [4.69, 9.17) is 9.47 Å². The van der Waals surface area contributed by atoms with Crippen molar-refractivity contribution in [2.75, 3.05) is 6.61 Å². The fourth-order valence-electron chi connectivity index (χ4n) is 13.4. The summed E-state index contributed by atoms with van der Waals surface area (Å²) in [5.74, 6) is 1.59. The maximum absolute atomic E-state index is 13.1. The van der Waals surface area contributed by atoms with Gasteiger partial charge in [-0.05, 0) is 143 Å². The number of rotatable bonds is 10. The molecule has 0 bridgehead atoms. The third-order valence-electron chi connectivity index (χ3n) is 16.3. The second-order valence-electron chi connectivity index (χ2n) is 19.3. The highest BCUT2D eigenvalue weighted by atomic mass is 16.5. The van der Waals surface area contributed by atoms with E-state index in [9.17, 15) is 19.5 Å². The molecule has 0 saturated heterocycles. The molecule has 0 amide bonds. The molecule has 10 atom stereocenters. The number of aliphatic carboxylic acids is 1. The maximum Gasteiger partial charge on any atom is 0.313 e. The Balaban J connectivity index is 1.20.